The summed E-state index contributed by atoms with van der Waals surface area (Å²) >= 11 is 0. The molecule has 0 aliphatic carbocycles. The van der Waals surface area contributed by atoms with Crippen molar-refractivity contribution < 1.29 is 0 Å². The summed E-state index contributed by atoms with van der Waals surface area (Å²) in [5, 5.41) is 0. The molecule has 2 aromatic carbocycles. The molecular weight excluding hydrogens is 254 g/mol. The van der Waals surface area contributed by atoms with E-state index in [1.165, 1.54) is 27.9 Å². The van der Waals surface area contributed by atoms with Gasteiger partial charge in [0, 0.05) is 24.7 Å². The molecular formula is C20H27N. The fourth-order valence-corrected chi connectivity index (χ4v) is 2.97. The Kier molecular flexibility index (Phi) is 5.06. The Hall–Kier alpha value is -1.76. The smallest absolute Gasteiger partial charge is 0.0368 e. The summed E-state index contributed by atoms with van der Waals surface area (Å²) in [5.74, 6) is 0.441. The fraction of sp³-hybridized carbons (Fsp3) is 0.400. The Balaban J connectivity index is 2.30. The Morgan fingerprint density at radius 2 is 1.52 bits per heavy atom. The first-order valence-corrected chi connectivity index (χ1v) is 7.98. The highest BCUT2D eigenvalue weighted by Gasteiger charge is 2.12. The minimum Gasteiger partial charge on any atom is -0.372 e. The van der Waals surface area contributed by atoms with Gasteiger partial charge in [-0.05, 0) is 56.5 Å². The van der Waals surface area contributed by atoms with Crippen molar-refractivity contribution in [1.29, 1.82) is 0 Å². The summed E-state index contributed by atoms with van der Waals surface area (Å²) in [6.07, 6.45) is 0. The molecule has 0 aromatic heterocycles. The van der Waals surface area contributed by atoms with Crippen LogP contribution in [0.1, 0.15) is 48.9 Å². The molecule has 0 saturated heterocycles. The Bertz CT molecular complexity index is 579. The topological polar surface area (TPSA) is 3.24 Å². The molecule has 0 saturated carbocycles. The van der Waals surface area contributed by atoms with Gasteiger partial charge in [0.25, 0.3) is 0 Å². The Morgan fingerprint density at radius 3 is 2.05 bits per heavy atom. The number of anilines is 1. The number of benzene rings is 2. The SMILES string of the molecule is CCN(CC)c1ccc(C(C)c2ccc(C)cc2)c(C)c1. The van der Waals surface area contributed by atoms with Crippen molar-refractivity contribution in [1.82, 2.24) is 0 Å². The van der Waals surface area contributed by atoms with Crippen molar-refractivity contribution in [2.45, 2.75) is 40.5 Å². The zero-order valence-corrected chi connectivity index (χ0v) is 14.0. The van der Waals surface area contributed by atoms with Gasteiger partial charge in [0.15, 0.2) is 0 Å². The quantitative estimate of drug-likeness (QED) is 0.718. The standard InChI is InChI=1S/C20H27N/c1-6-21(7-2)19-12-13-20(16(4)14-19)17(5)18-10-8-15(3)9-11-18/h8-14,17H,6-7H2,1-5H3. The molecule has 0 aliphatic rings. The maximum atomic E-state index is 2.40. The third kappa shape index (κ3) is 3.47. The van der Waals surface area contributed by atoms with E-state index < -0.39 is 0 Å². The monoisotopic (exact) mass is 281 g/mol. The van der Waals surface area contributed by atoms with Crippen molar-refractivity contribution in [3.63, 3.8) is 0 Å². The second-order valence-electron chi connectivity index (χ2n) is 5.85. The molecule has 0 radical (unpaired) electrons. The van der Waals surface area contributed by atoms with Crippen LogP contribution in [0.25, 0.3) is 0 Å². The first kappa shape index (κ1) is 15.6. The van der Waals surface area contributed by atoms with Crippen molar-refractivity contribution in [3.05, 3.63) is 64.7 Å². The van der Waals surface area contributed by atoms with Gasteiger partial charge in [-0.15, -0.1) is 0 Å². The lowest BCUT2D eigenvalue weighted by Gasteiger charge is -2.23. The van der Waals surface area contributed by atoms with Crippen molar-refractivity contribution in [2.75, 3.05) is 18.0 Å². The summed E-state index contributed by atoms with van der Waals surface area (Å²) in [6, 6.07) is 15.8. The largest absolute Gasteiger partial charge is 0.372 e. The number of hydrogen-bond donors (Lipinski definition) is 0. The summed E-state index contributed by atoms with van der Waals surface area (Å²) in [6.45, 7) is 13.2. The predicted octanol–water partition coefficient (Wildman–Crippen LogP) is 5.30. The molecule has 0 aliphatic heterocycles. The normalized spacial score (nSPS) is 12.2. The fourth-order valence-electron chi connectivity index (χ4n) is 2.97. The summed E-state index contributed by atoms with van der Waals surface area (Å²) < 4.78 is 0. The van der Waals surface area contributed by atoms with Gasteiger partial charge in [-0.1, -0.05) is 42.8 Å². The van der Waals surface area contributed by atoms with Crippen molar-refractivity contribution in [3.8, 4) is 0 Å². The molecule has 21 heavy (non-hydrogen) atoms. The zero-order valence-electron chi connectivity index (χ0n) is 14.0. The van der Waals surface area contributed by atoms with Crippen molar-refractivity contribution in [2.24, 2.45) is 0 Å². The molecule has 1 unspecified atom stereocenters. The van der Waals surface area contributed by atoms with E-state index in [1.54, 1.807) is 0 Å². The second-order valence-corrected chi connectivity index (χ2v) is 5.85. The lowest BCUT2D eigenvalue weighted by Crippen LogP contribution is -2.21. The molecule has 1 atom stereocenters. The van der Waals surface area contributed by atoms with E-state index >= 15 is 0 Å². The lowest BCUT2D eigenvalue weighted by molar-refractivity contribution is 0.860. The average Bonchev–Trinajstić information content (AvgIpc) is 2.49. The first-order valence-electron chi connectivity index (χ1n) is 7.98. The lowest BCUT2D eigenvalue weighted by atomic mass is 9.89. The molecule has 0 N–H and O–H groups in total. The molecule has 1 nitrogen and oxygen atoms in total. The maximum absolute atomic E-state index is 2.40. The van der Waals surface area contributed by atoms with Gasteiger partial charge in [-0.2, -0.15) is 0 Å². The predicted molar refractivity (Wildman–Crippen MR) is 93.4 cm³/mol. The highest BCUT2D eigenvalue weighted by molar-refractivity contribution is 5.52. The van der Waals surface area contributed by atoms with E-state index in [0.29, 0.717) is 5.92 Å². The van der Waals surface area contributed by atoms with Gasteiger partial charge in [0.2, 0.25) is 0 Å². The summed E-state index contributed by atoms with van der Waals surface area (Å²) in [4.78, 5) is 2.40. The van der Waals surface area contributed by atoms with Crippen LogP contribution in [0.3, 0.4) is 0 Å². The van der Waals surface area contributed by atoms with Gasteiger partial charge < -0.3 is 4.90 Å². The molecule has 0 heterocycles. The Morgan fingerprint density at radius 1 is 0.905 bits per heavy atom. The van der Waals surface area contributed by atoms with Gasteiger partial charge in [0.1, 0.15) is 0 Å². The third-order valence-corrected chi connectivity index (χ3v) is 4.43. The van der Waals surface area contributed by atoms with E-state index in [1.807, 2.05) is 0 Å². The maximum Gasteiger partial charge on any atom is 0.0368 e. The molecule has 0 bridgehead atoms. The summed E-state index contributed by atoms with van der Waals surface area (Å²) in [5.41, 5.74) is 6.85. The molecule has 0 amide bonds. The van der Waals surface area contributed by atoms with Crippen LogP contribution in [0.2, 0.25) is 0 Å². The highest BCUT2D eigenvalue weighted by Crippen LogP contribution is 2.29. The highest BCUT2D eigenvalue weighted by atomic mass is 15.1. The molecule has 2 rings (SSSR count). The number of aryl methyl sites for hydroxylation is 2. The average molecular weight is 281 g/mol. The van der Waals surface area contributed by atoms with Crippen LogP contribution < -0.4 is 4.90 Å². The third-order valence-electron chi connectivity index (χ3n) is 4.43. The van der Waals surface area contributed by atoms with Gasteiger partial charge >= 0.3 is 0 Å². The van der Waals surface area contributed by atoms with E-state index in [0.717, 1.165) is 13.1 Å². The van der Waals surface area contributed by atoms with Crippen LogP contribution >= 0.6 is 0 Å². The van der Waals surface area contributed by atoms with Crippen LogP contribution in [-0.4, -0.2) is 13.1 Å². The first-order chi connectivity index (χ1) is 10.1. The van der Waals surface area contributed by atoms with Crippen LogP contribution in [0.4, 0.5) is 5.69 Å². The van der Waals surface area contributed by atoms with Gasteiger partial charge in [0.05, 0.1) is 0 Å². The number of nitrogens with zero attached hydrogens (tertiary/aromatic N) is 1. The summed E-state index contributed by atoms with van der Waals surface area (Å²) in [7, 11) is 0. The molecule has 0 fully saturated rings. The van der Waals surface area contributed by atoms with Crippen LogP contribution in [0.5, 0.6) is 0 Å². The van der Waals surface area contributed by atoms with E-state index in [9.17, 15) is 0 Å². The molecule has 1 heteroatoms. The number of rotatable bonds is 5. The van der Waals surface area contributed by atoms with E-state index in [4.69, 9.17) is 0 Å². The van der Waals surface area contributed by atoms with Gasteiger partial charge in [-0.25, -0.2) is 0 Å². The molecule has 2 aromatic rings. The minimum atomic E-state index is 0.441. The van der Waals surface area contributed by atoms with E-state index in [2.05, 4.69) is 82.0 Å². The van der Waals surface area contributed by atoms with Crippen LogP contribution in [0.15, 0.2) is 42.5 Å². The molecule has 0 spiro atoms. The zero-order chi connectivity index (χ0) is 15.4. The number of hydrogen-bond acceptors (Lipinski definition) is 1. The molecule has 112 valence electrons. The van der Waals surface area contributed by atoms with Crippen LogP contribution in [0, 0.1) is 13.8 Å². The van der Waals surface area contributed by atoms with Crippen molar-refractivity contribution >= 4 is 5.69 Å². The van der Waals surface area contributed by atoms with Gasteiger partial charge in [-0.3, -0.25) is 0 Å². The minimum absolute atomic E-state index is 0.441. The Labute approximate surface area is 129 Å². The van der Waals surface area contributed by atoms with Crippen LogP contribution in [-0.2, 0) is 0 Å². The second kappa shape index (κ2) is 6.80. The van der Waals surface area contributed by atoms with E-state index in [-0.39, 0.29) is 0 Å².